The Balaban J connectivity index is 1.49. The summed E-state index contributed by atoms with van der Waals surface area (Å²) in [5.41, 5.74) is 0.217. The van der Waals surface area contributed by atoms with Crippen molar-refractivity contribution >= 4 is 23.6 Å². The van der Waals surface area contributed by atoms with Gasteiger partial charge in [-0.3, -0.25) is 9.59 Å². The summed E-state index contributed by atoms with van der Waals surface area (Å²) in [6, 6.07) is 5.22. The van der Waals surface area contributed by atoms with Crippen molar-refractivity contribution in [3.8, 4) is 0 Å². The second-order valence-corrected chi connectivity index (χ2v) is 6.86. The van der Waals surface area contributed by atoms with E-state index in [1.54, 1.807) is 12.1 Å². The van der Waals surface area contributed by atoms with Crippen molar-refractivity contribution in [1.82, 2.24) is 10.6 Å². The third-order valence-corrected chi connectivity index (χ3v) is 5.02. The summed E-state index contributed by atoms with van der Waals surface area (Å²) in [6.45, 7) is 0.221. The predicted molar refractivity (Wildman–Crippen MR) is 92.2 cm³/mol. The Labute approximate surface area is 150 Å². The third-order valence-electron chi connectivity index (χ3n) is 5.02. The maximum absolute atomic E-state index is 13.9. The SMILES string of the molecule is O=C(NC1CCC(C(=O)O)CC1)NC1CC(=O)N(c2ccccc2F)C1. The van der Waals surface area contributed by atoms with Crippen LogP contribution in [0.4, 0.5) is 14.9 Å². The van der Waals surface area contributed by atoms with Crippen molar-refractivity contribution in [1.29, 1.82) is 0 Å². The van der Waals surface area contributed by atoms with Gasteiger partial charge >= 0.3 is 12.0 Å². The van der Waals surface area contributed by atoms with E-state index >= 15 is 0 Å². The maximum atomic E-state index is 13.9. The average Bonchev–Trinajstić information content (AvgIpc) is 2.95. The Bertz CT molecular complexity index is 703. The lowest BCUT2D eigenvalue weighted by molar-refractivity contribution is -0.142. The molecule has 1 aliphatic carbocycles. The van der Waals surface area contributed by atoms with Crippen molar-refractivity contribution in [3.63, 3.8) is 0 Å². The van der Waals surface area contributed by atoms with E-state index in [0.29, 0.717) is 25.7 Å². The number of carboxylic acids is 1. The van der Waals surface area contributed by atoms with Crippen LogP contribution in [0.1, 0.15) is 32.1 Å². The first-order valence-corrected chi connectivity index (χ1v) is 8.78. The number of rotatable bonds is 4. The highest BCUT2D eigenvalue weighted by Crippen LogP contribution is 2.25. The minimum absolute atomic E-state index is 0.0645. The molecule has 1 unspecified atom stereocenters. The molecule has 2 fully saturated rings. The van der Waals surface area contributed by atoms with Gasteiger partial charge in [-0.2, -0.15) is 0 Å². The van der Waals surface area contributed by atoms with Gasteiger partial charge in [-0.25, -0.2) is 9.18 Å². The van der Waals surface area contributed by atoms with E-state index in [9.17, 15) is 18.8 Å². The quantitative estimate of drug-likeness (QED) is 0.760. The summed E-state index contributed by atoms with van der Waals surface area (Å²) in [7, 11) is 0. The highest BCUT2D eigenvalue weighted by Gasteiger charge is 2.33. The fourth-order valence-corrected chi connectivity index (χ4v) is 3.60. The zero-order valence-corrected chi connectivity index (χ0v) is 14.3. The number of anilines is 1. The molecule has 1 atom stereocenters. The Kier molecular flexibility index (Phi) is 5.39. The first-order valence-electron chi connectivity index (χ1n) is 8.78. The number of urea groups is 1. The number of carbonyl (C=O) groups excluding carboxylic acids is 2. The van der Waals surface area contributed by atoms with Gasteiger partial charge in [0.05, 0.1) is 17.6 Å². The standard InChI is InChI=1S/C18H22FN3O4/c19-14-3-1-2-4-15(14)22-10-13(9-16(22)23)21-18(26)20-12-7-5-11(6-8-12)17(24)25/h1-4,11-13H,5-10H2,(H,24,25)(H2,20,21,26). The van der Waals surface area contributed by atoms with Crippen molar-refractivity contribution in [2.45, 2.75) is 44.2 Å². The minimum Gasteiger partial charge on any atom is -0.481 e. The number of nitrogens with one attached hydrogen (secondary N) is 2. The van der Waals surface area contributed by atoms with Crippen LogP contribution in [0, 0.1) is 11.7 Å². The summed E-state index contributed by atoms with van der Waals surface area (Å²) < 4.78 is 13.9. The lowest BCUT2D eigenvalue weighted by Gasteiger charge is -2.27. The number of hydrogen-bond donors (Lipinski definition) is 3. The summed E-state index contributed by atoms with van der Waals surface area (Å²) >= 11 is 0. The van der Waals surface area contributed by atoms with Crippen molar-refractivity contribution in [3.05, 3.63) is 30.1 Å². The molecule has 1 heterocycles. The second-order valence-electron chi connectivity index (χ2n) is 6.86. The molecule has 7 nitrogen and oxygen atoms in total. The number of hydrogen-bond acceptors (Lipinski definition) is 3. The van der Waals surface area contributed by atoms with E-state index in [1.807, 2.05) is 0 Å². The molecule has 1 aromatic carbocycles. The van der Waals surface area contributed by atoms with Crippen LogP contribution in [0.2, 0.25) is 0 Å². The van der Waals surface area contributed by atoms with Gasteiger partial charge in [-0.1, -0.05) is 12.1 Å². The van der Waals surface area contributed by atoms with Gasteiger partial charge in [0.1, 0.15) is 5.82 Å². The topological polar surface area (TPSA) is 98.7 Å². The molecule has 3 amide bonds. The molecule has 0 bridgehead atoms. The molecule has 26 heavy (non-hydrogen) atoms. The van der Waals surface area contributed by atoms with Gasteiger partial charge in [0.25, 0.3) is 0 Å². The molecule has 1 aromatic rings. The van der Waals surface area contributed by atoms with E-state index < -0.39 is 17.8 Å². The van der Waals surface area contributed by atoms with Crippen molar-refractivity contribution < 1.29 is 23.9 Å². The fourth-order valence-electron chi connectivity index (χ4n) is 3.60. The molecule has 3 rings (SSSR count). The van der Waals surface area contributed by atoms with Crippen LogP contribution in [-0.4, -0.2) is 41.6 Å². The van der Waals surface area contributed by atoms with Crippen molar-refractivity contribution in [2.24, 2.45) is 5.92 Å². The van der Waals surface area contributed by atoms with Crippen molar-refractivity contribution in [2.75, 3.05) is 11.4 Å². The smallest absolute Gasteiger partial charge is 0.315 e. The van der Waals surface area contributed by atoms with E-state index in [0.717, 1.165) is 0 Å². The lowest BCUT2D eigenvalue weighted by Crippen LogP contribution is -2.48. The fraction of sp³-hybridized carbons (Fsp3) is 0.500. The lowest BCUT2D eigenvalue weighted by atomic mass is 9.86. The summed E-state index contributed by atoms with van der Waals surface area (Å²) in [5.74, 6) is -1.83. The summed E-state index contributed by atoms with van der Waals surface area (Å²) in [6.07, 6.45) is 2.45. The molecule has 2 aliphatic rings. The summed E-state index contributed by atoms with van der Waals surface area (Å²) in [4.78, 5) is 36.6. The molecule has 0 radical (unpaired) electrons. The van der Waals surface area contributed by atoms with Gasteiger partial charge < -0.3 is 20.6 Å². The molecule has 140 valence electrons. The number of carboxylic acid groups (broad SMARTS) is 1. The van der Waals surface area contributed by atoms with Crippen LogP contribution < -0.4 is 15.5 Å². The molecule has 8 heteroatoms. The number of nitrogens with zero attached hydrogens (tertiary/aromatic N) is 1. The van der Waals surface area contributed by atoms with Crippen LogP contribution in [-0.2, 0) is 9.59 Å². The Morgan fingerprint density at radius 3 is 2.38 bits per heavy atom. The van der Waals surface area contributed by atoms with Gasteiger partial charge in [0.2, 0.25) is 5.91 Å². The second kappa shape index (κ2) is 7.72. The number of aliphatic carboxylic acids is 1. The third kappa shape index (κ3) is 4.12. The molecule has 1 aliphatic heterocycles. The van der Waals surface area contributed by atoms with Gasteiger partial charge in [-0.05, 0) is 37.8 Å². The maximum Gasteiger partial charge on any atom is 0.315 e. The van der Waals surface area contributed by atoms with Gasteiger partial charge in [0, 0.05) is 19.0 Å². The molecule has 1 saturated heterocycles. The molecule has 0 spiro atoms. The largest absolute Gasteiger partial charge is 0.481 e. The highest BCUT2D eigenvalue weighted by molar-refractivity contribution is 5.96. The molecular formula is C18H22FN3O4. The molecular weight excluding hydrogens is 341 g/mol. The Morgan fingerprint density at radius 1 is 1.08 bits per heavy atom. The number of benzene rings is 1. The minimum atomic E-state index is -0.786. The predicted octanol–water partition coefficient (Wildman–Crippen LogP) is 1.87. The number of para-hydroxylation sites is 1. The van der Waals surface area contributed by atoms with E-state index in [4.69, 9.17) is 5.11 Å². The van der Waals surface area contributed by atoms with E-state index in [2.05, 4.69) is 10.6 Å². The van der Waals surface area contributed by atoms with Crippen LogP contribution in [0.3, 0.4) is 0 Å². The first kappa shape index (κ1) is 18.2. The van der Waals surface area contributed by atoms with Gasteiger partial charge in [-0.15, -0.1) is 0 Å². The van der Waals surface area contributed by atoms with Crippen LogP contribution in [0.15, 0.2) is 24.3 Å². The summed E-state index contributed by atoms with van der Waals surface area (Å²) in [5, 5.41) is 14.6. The monoisotopic (exact) mass is 363 g/mol. The van der Waals surface area contributed by atoms with E-state index in [1.165, 1.54) is 17.0 Å². The van der Waals surface area contributed by atoms with E-state index in [-0.39, 0.29) is 42.6 Å². The zero-order chi connectivity index (χ0) is 18.7. The first-order chi connectivity index (χ1) is 12.4. The molecule has 0 aromatic heterocycles. The van der Waals surface area contributed by atoms with Crippen LogP contribution in [0.25, 0.3) is 0 Å². The van der Waals surface area contributed by atoms with Gasteiger partial charge in [0.15, 0.2) is 0 Å². The Hall–Kier alpha value is -2.64. The van der Waals surface area contributed by atoms with Crippen LogP contribution in [0.5, 0.6) is 0 Å². The number of amides is 3. The highest BCUT2D eigenvalue weighted by atomic mass is 19.1. The molecule has 3 N–H and O–H groups in total. The Morgan fingerprint density at radius 2 is 1.73 bits per heavy atom. The van der Waals surface area contributed by atoms with Crippen LogP contribution >= 0.6 is 0 Å². The molecule has 1 saturated carbocycles. The normalized spacial score (nSPS) is 25.8. The number of halogens is 1. The average molecular weight is 363 g/mol. The number of carbonyl (C=O) groups is 3. The zero-order valence-electron chi connectivity index (χ0n) is 14.3.